The molecule has 1 aliphatic carbocycles. The Hall–Kier alpha value is -1.68. The lowest BCUT2D eigenvalue weighted by molar-refractivity contribution is -0.117. The third kappa shape index (κ3) is 1.78. The Morgan fingerprint density at radius 2 is 2.21 bits per heavy atom. The lowest BCUT2D eigenvalue weighted by atomic mass is 10.1. The first-order chi connectivity index (χ1) is 9.22. The van der Waals surface area contributed by atoms with Crippen LogP contribution in [0, 0.1) is 0 Å². The van der Waals surface area contributed by atoms with E-state index in [-0.39, 0.29) is 5.91 Å². The topological polar surface area (TPSA) is 33.2 Å². The molecule has 0 saturated heterocycles. The van der Waals surface area contributed by atoms with Crippen LogP contribution in [0.25, 0.3) is 11.3 Å². The third-order valence-electron chi connectivity index (χ3n) is 3.90. The van der Waals surface area contributed by atoms with Crippen LogP contribution in [0.4, 0.5) is 5.69 Å². The molecule has 1 saturated carbocycles. The molecule has 0 unspecified atom stereocenters. The molecule has 1 aromatic heterocycles. The molecule has 19 heavy (non-hydrogen) atoms. The van der Waals surface area contributed by atoms with Crippen molar-refractivity contribution in [3.63, 3.8) is 0 Å². The predicted octanol–water partition coefficient (Wildman–Crippen LogP) is 3.21. The van der Waals surface area contributed by atoms with E-state index in [1.54, 1.807) is 16.2 Å². The van der Waals surface area contributed by atoms with Crippen molar-refractivity contribution in [3.05, 3.63) is 34.2 Å². The third-order valence-corrected chi connectivity index (χ3v) is 4.91. The highest BCUT2D eigenvalue weighted by Crippen LogP contribution is 2.42. The molecular formula is C15H14N2OS. The van der Waals surface area contributed by atoms with Crippen molar-refractivity contribution >= 4 is 22.9 Å². The molecule has 4 rings (SSSR count). The van der Waals surface area contributed by atoms with Gasteiger partial charge in [-0.05, 0) is 30.5 Å². The Morgan fingerprint density at radius 1 is 1.37 bits per heavy atom. The number of benzene rings is 1. The van der Waals surface area contributed by atoms with Crippen LogP contribution in [0.3, 0.4) is 0 Å². The summed E-state index contributed by atoms with van der Waals surface area (Å²) in [6, 6.07) is 6.22. The highest BCUT2D eigenvalue weighted by Gasteiger charge is 2.27. The number of rotatable bonds is 2. The molecule has 0 radical (unpaired) electrons. The lowest BCUT2D eigenvalue weighted by Crippen LogP contribution is -2.20. The van der Waals surface area contributed by atoms with Crippen molar-refractivity contribution in [2.24, 2.45) is 0 Å². The van der Waals surface area contributed by atoms with Crippen LogP contribution in [-0.4, -0.2) is 17.9 Å². The van der Waals surface area contributed by atoms with Gasteiger partial charge in [-0.1, -0.05) is 6.07 Å². The summed E-state index contributed by atoms with van der Waals surface area (Å²) >= 11 is 1.76. The molecule has 2 aromatic rings. The smallest absolute Gasteiger partial charge is 0.231 e. The van der Waals surface area contributed by atoms with Gasteiger partial charge in [0.05, 0.1) is 17.1 Å². The van der Waals surface area contributed by atoms with E-state index in [1.807, 2.05) is 13.1 Å². The van der Waals surface area contributed by atoms with Crippen LogP contribution in [0.2, 0.25) is 0 Å². The SMILES string of the molecule is CN1C(=O)Cc2cc(-c3csc(C4CC4)n3)ccc21. The zero-order valence-corrected chi connectivity index (χ0v) is 11.5. The number of nitrogens with zero attached hydrogens (tertiary/aromatic N) is 2. The first kappa shape index (κ1) is 11.2. The van der Waals surface area contributed by atoms with Crippen LogP contribution in [0.5, 0.6) is 0 Å². The molecule has 2 heterocycles. The van der Waals surface area contributed by atoms with Gasteiger partial charge in [-0.25, -0.2) is 4.98 Å². The maximum absolute atomic E-state index is 11.7. The molecule has 0 N–H and O–H groups in total. The minimum atomic E-state index is 0.170. The minimum absolute atomic E-state index is 0.170. The summed E-state index contributed by atoms with van der Waals surface area (Å²) in [5.74, 6) is 0.880. The molecule has 0 bridgehead atoms. The number of carbonyl (C=O) groups excluding carboxylic acids is 1. The zero-order valence-electron chi connectivity index (χ0n) is 10.7. The standard InChI is InChI=1S/C15H14N2OS/c1-17-13-5-4-10(6-11(13)7-14(17)18)12-8-19-15(16-12)9-2-3-9/h4-6,8-9H,2-3,7H2,1H3. The predicted molar refractivity (Wildman–Crippen MR) is 76.6 cm³/mol. The van der Waals surface area contributed by atoms with E-state index >= 15 is 0 Å². The van der Waals surface area contributed by atoms with Gasteiger partial charge < -0.3 is 4.90 Å². The average molecular weight is 270 g/mol. The maximum atomic E-state index is 11.7. The maximum Gasteiger partial charge on any atom is 0.231 e. The van der Waals surface area contributed by atoms with Crippen LogP contribution in [0.15, 0.2) is 23.6 Å². The Bertz CT molecular complexity index is 673. The van der Waals surface area contributed by atoms with E-state index in [4.69, 9.17) is 4.98 Å². The molecule has 96 valence electrons. The number of hydrogen-bond donors (Lipinski definition) is 0. The molecule has 1 amide bonds. The largest absolute Gasteiger partial charge is 0.315 e. The highest BCUT2D eigenvalue weighted by atomic mass is 32.1. The van der Waals surface area contributed by atoms with Crippen molar-refractivity contribution in [1.82, 2.24) is 4.98 Å². The van der Waals surface area contributed by atoms with E-state index < -0.39 is 0 Å². The van der Waals surface area contributed by atoms with Gasteiger partial charge in [0.1, 0.15) is 0 Å². The normalized spacial score (nSPS) is 17.9. The second kappa shape index (κ2) is 3.90. The quantitative estimate of drug-likeness (QED) is 0.839. The van der Waals surface area contributed by atoms with E-state index in [2.05, 4.69) is 17.5 Å². The number of anilines is 1. The molecule has 2 aliphatic rings. The fraction of sp³-hybridized carbons (Fsp3) is 0.333. The number of amides is 1. The van der Waals surface area contributed by atoms with Crippen molar-refractivity contribution < 1.29 is 4.79 Å². The Balaban J connectivity index is 1.72. The highest BCUT2D eigenvalue weighted by molar-refractivity contribution is 7.10. The molecular weight excluding hydrogens is 256 g/mol. The average Bonchev–Trinajstić information content (AvgIpc) is 3.08. The van der Waals surface area contributed by atoms with E-state index in [0.717, 1.165) is 22.5 Å². The van der Waals surface area contributed by atoms with Gasteiger partial charge >= 0.3 is 0 Å². The van der Waals surface area contributed by atoms with Crippen LogP contribution < -0.4 is 4.90 Å². The lowest BCUT2D eigenvalue weighted by Gasteiger charge is -2.09. The van der Waals surface area contributed by atoms with Crippen molar-refractivity contribution in [2.75, 3.05) is 11.9 Å². The van der Waals surface area contributed by atoms with Gasteiger partial charge in [-0.3, -0.25) is 4.79 Å². The minimum Gasteiger partial charge on any atom is -0.315 e. The summed E-state index contributed by atoms with van der Waals surface area (Å²) in [4.78, 5) is 18.2. The molecule has 1 fully saturated rings. The van der Waals surface area contributed by atoms with Crippen molar-refractivity contribution in [1.29, 1.82) is 0 Å². The van der Waals surface area contributed by atoms with E-state index in [1.165, 1.54) is 17.8 Å². The molecule has 0 atom stereocenters. The number of fused-ring (bicyclic) bond motifs is 1. The van der Waals surface area contributed by atoms with Crippen LogP contribution >= 0.6 is 11.3 Å². The second-order valence-electron chi connectivity index (χ2n) is 5.32. The summed E-state index contributed by atoms with van der Waals surface area (Å²) in [5, 5.41) is 3.40. The Labute approximate surface area is 115 Å². The molecule has 4 heteroatoms. The summed E-state index contributed by atoms with van der Waals surface area (Å²) in [6.45, 7) is 0. The fourth-order valence-electron chi connectivity index (χ4n) is 2.57. The molecule has 0 spiro atoms. The molecule has 1 aliphatic heterocycles. The van der Waals surface area contributed by atoms with E-state index in [9.17, 15) is 4.79 Å². The zero-order chi connectivity index (χ0) is 13.0. The van der Waals surface area contributed by atoms with Crippen molar-refractivity contribution in [3.8, 4) is 11.3 Å². The number of hydrogen-bond acceptors (Lipinski definition) is 3. The van der Waals surface area contributed by atoms with Gasteiger partial charge in [0.25, 0.3) is 0 Å². The number of aromatic nitrogens is 1. The summed E-state index contributed by atoms with van der Waals surface area (Å²) in [5.41, 5.74) is 4.33. The first-order valence-electron chi connectivity index (χ1n) is 6.57. The van der Waals surface area contributed by atoms with Crippen LogP contribution in [0.1, 0.15) is 29.3 Å². The van der Waals surface area contributed by atoms with Gasteiger partial charge in [0.15, 0.2) is 0 Å². The monoisotopic (exact) mass is 270 g/mol. The Kier molecular flexibility index (Phi) is 2.30. The first-order valence-corrected chi connectivity index (χ1v) is 7.45. The Morgan fingerprint density at radius 3 is 3.00 bits per heavy atom. The summed E-state index contributed by atoms with van der Waals surface area (Å²) in [7, 11) is 1.84. The summed E-state index contributed by atoms with van der Waals surface area (Å²) in [6.07, 6.45) is 3.09. The van der Waals surface area contributed by atoms with Gasteiger partial charge in [-0.2, -0.15) is 0 Å². The number of carbonyl (C=O) groups is 1. The summed E-state index contributed by atoms with van der Waals surface area (Å²) < 4.78 is 0. The van der Waals surface area contributed by atoms with Crippen LogP contribution in [-0.2, 0) is 11.2 Å². The van der Waals surface area contributed by atoms with Crippen molar-refractivity contribution in [2.45, 2.75) is 25.2 Å². The number of thiazole rings is 1. The van der Waals surface area contributed by atoms with E-state index in [0.29, 0.717) is 12.3 Å². The fourth-order valence-corrected chi connectivity index (χ4v) is 3.57. The number of likely N-dealkylation sites (N-methyl/N-ethyl adjacent to an activating group) is 1. The van der Waals surface area contributed by atoms with Gasteiger partial charge in [-0.15, -0.1) is 11.3 Å². The van der Waals surface area contributed by atoms with Gasteiger partial charge in [0.2, 0.25) is 5.91 Å². The molecule has 1 aromatic carbocycles. The second-order valence-corrected chi connectivity index (χ2v) is 6.21. The molecule has 3 nitrogen and oxygen atoms in total. The van der Waals surface area contributed by atoms with Gasteiger partial charge in [0, 0.05) is 29.6 Å².